The average molecular weight is 503 g/mol. The summed E-state index contributed by atoms with van der Waals surface area (Å²) in [5, 5.41) is 0. The molecule has 0 N–H and O–H groups in total. The summed E-state index contributed by atoms with van der Waals surface area (Å²) in [5.74, 6) is -1.26. The Morgan fingerprint density at radius 2 is 1.76 bits per heavy atom. The van der Waals surface area contributed by atoms with Gasteiger partial charge in [-0.25, -0.2) is 4.79 Å². The second kappa shape index (κ2) is 11.8. The van der Waals surface area contributed by atoms with Crippen LogP contribution < -0.4 is 0 Å². The van der Waals surface area contributed by atoms with Crippen molar-refractivity contribution in [3.63, 3.8) is 0 Å². The number of carbonyl (C=O) groups excluding carboxylic acids is 2. The highest BCUT2D eigenvalue weighted by molar-refractivity contribution is 5.92. The Bertz CT molecular complexity index is 939. The zero-order valence-electron chi connectivity index (χ0n) is 19.5. The molecule has 1 saturated heterocycles. The van der Waals surface area contributed by atoms with Crippen LogP contribution in [0.1, 0.15) is 43.2 Å². The van der Waals surface area contributed by atoms with E-state index in [1.807, 2.05) is 18.9 Å². The van der Waals surface area contributed by atoms with E-state index < -0.39 is 23.6 Å². The molecule has 34 heavy (non-hydrogen) atoms. The van der Waals surface area contributed by atoms with Gasteiger partial charge in [-0.05, 0) is 56.1 Å². The third-order valence-corrected chi connectivity index (χ3v) is 6.43. The van der Waals surface area contributed by atoms with Crippen LogP contribution in [0.2, 0.25) is 0 Å². The van der Waals surface area contributed by atoms with E-state index in [2.05, 4.69) is 4.90 Å². The summed E-state index contributed by atoms with van der Waals surface area (Å²) in [6.45, 7) is 4.39. The molecular formula is C24H30ClF3N2O4. The average Bonchev–Trinajstić information content (AvgIpc) is 2.81. The minimum atomic E-state index is -4.47. The van der Waals surface area contributed by atoms with E-state index in [1.54, 1.807) is 0 Å². The fourth-order valence-corrected chi connectivity index (χ4v) is 4.56. The summed E-state index contributed by atoms with van der Waals surface area (Å²) in [4.78, 5) is 28.2. The number of allylic oxidation sites excluding steroid dienone is 1. The van der Waals surface area contributed by atoms with Gasteiger partial charge in [0.15, 0.2) is 0 Å². The van der Waals surface area contributed by atoms with Gasteiger partial charge < -0.3 is 14.4 Å². The number of esters is 1. The first-order chi connectivity index (χ1) is 15.7. The monoisotopic (exact) mass is 502 g/mol. The largest absolute Gasteiger partial charge is 0.466 e. The Morgan fingerprint density at radius 3 is 2.29 bits per heavy atom. The molecule has 2 aliphatic rings. The molecule has 2 heterocycles. The number of ether oxygens (including phenoxy) is 2. The van der Waals surface area contributed by atoms with E-state index in [0.717, 1.165) is 55.9 Å². The van der Waals surface area contributed by atoms with Crippen LogP contribution in [0.4, 0.5) is 13.2 Å². The molecule has 6 nitrogen and oxygen atoms in total. The number of piperidine rings is 1. The molecule has 10 heteroatoms. The molecule has 0 aromatic heterocycles. The molecule has 0 spiro atoms. The van der Waals surface area contributed by atoms with E-state index in [4.69, 9.17) is 9.47 Å². The van der Waals surface area contributed by atoms with Crippen LogP contribution in [0.3, 0.4) is 0 Å². The molecular weight excluding hydrogens is 473 g/mol. The number of methoxy groups -OCH3 is 1. The van der Waals surface area contributed by atoms with Gasteiger partial charge in [-0.2, -0.15) is 13.2 Å². The lowest BCUT2D eigenvalue weighted by atomic mass is 9.79. The molecule has 0 amide bonds. The molecule has 0 radical (unpaired) electrons. The zero-order chi connectivity index (χ0) is 24.2. The summed E-state index contributed by atoms with van der Waals surface area (Å²) in [6, 6.07) is 4.74. The summed E-state index contributed by atoms with van der Waals surface area (Å²) < 4.78 is 49.6. The topological polar surface area (TPSA) is 59.1 Å². The molecule has 1 fully saturated rings. The third kappa shape index (κ3) is 5.93. The van der Waals surface area contributed by atoms with Crippen molar-refractivity contribution in [3.05, 3.63) is 57.9 Å². The predicted molar refractivity (Wildman–Crippen MR) is 123 cm³/mol. The smallest absolute Gasteiger partial charge is 0.416 e. The zero-order valence-corrected chi connectivity index (χ0v) is 20.3. The molecule has 3 rings (SSSR count). The number of nitrogens with zero attached hydrogens (tertiary/aromatic N) is 2. The standard InChI is InChI=1S/C24H29F3N2O4.ClH/c1-16-19(14-33-15-30)21(17-7-9-18(10-8-17)24(25,26)27)22(23(31)32-3)20(28(16)2)13-29-11-5-4-6-12-29;/h7-10,15,21H,4-6,11-14H2,1-3H3;1H. The van der Waals surface area contributed by atoms with Gasteiger partial charge in [-0.1, -0.05) is 18.6 Å². The highest BCUT2D eigenvalue weighted by Crippen LogP contribution is 2.43. The second-order valence-corrected chi connectivity index (χ2v) is 8.32. The minimum absolute atomic E-state index is 0. The van der Waals surface area contributed by atoms with E-state index in [0.29, 0.717) is 29.7 Å². The first-order valence-electron chi connectivity index (χ1n) is 10.9. The Balaban J connectivity index is 0.00000408. The van der Waals surface area contributed by atoms with Crippen LogP contribution in [0.15, 0.2) is 46.8 Å². The van der Waals surface area contributed by atoms with Gasteiger partial charge in [0, 0.05) is 30.9 Å². The third-order valence-electron chi connectivity index (χ3n) is 6.43. The second-order valence-electron chi connectivity index (χ2n) is 8.32. The highest BCUT2D eigenvalue weighted by Gasteiger charge is 2.38. The Labute approximate surface area is 203 Å². The van der Waals surface area contributed by atoms with Crippen molar-refractivity contribution < 1.29 is 32.2 Å². The van der Waals surface area contributed by atoms with Gasteiger partial charge in [0.1, 0.15) is 6.61 Å². The fraction of sp³-hybridized carbons (Fsp3) is 0.500. The van der Waals surface area contributed by atoms with E-state index >= 15 is 0 Å². The van der Waals surface area contributed by atoms with Crippen molar-refractivity contribution >= 4 is 24.8 Å². The number of likely N-dealkylation sites (N-methyl/N-ethyl adjacent to an activating group) is 1. The van der Waals surface area contributed by atoms with Crippen LogP contribution in [0.5, 0.6) is 0 Å². The first-order valence-corrected chi connectivity index (χ1v) is 10.9. The van der Waals surface area contributed by atoms with Gasteiger partial charge in [-0.15, -0.1) is 12.4 Å². The number of likely N-dealkylation sites (tertiary alicyclic amines) is 1. The Kier molecular flexibility index (Phi) is 9.58. The summed E-state index contributed by atoms with van der Waals surface area (Å²) >= 11 is 0. The number of halogens is 4. The van der Waals surface area contributed by atoms with Gasteiger partial charge in [0.25, 0.3) is 6.47 Å². The van der Waals surface area contributed by atoms with E-state index in [1.165, 1.54) is 19.2 Å². The van der Waals surface area contributed by atoms with Crippen LogP contribution in [0.25, 0.3) is 0 Å². The van der Waals surface area contributed by atoms with E-state index in [9.17, 15) is 22.8 Å². The van der Waals surface area contributed by atoms with Crippen molar-refractivity contribution in [2.24, 2.45) is 0 Å². The molecule has 0 bridgehead atoms. The van der Waals surface area contributed by atoms with Crippen molar-refractivity contribution in [2.75, 3.05) is 40.4 Å². The fourth-order valence-electron chi connectivity index (χ4n) is 4.56. The number of benzene rings is 1. The van der Waals surface area contributed by atoms with Crippen LogP contribution in [0, 0.1) is 0 Å². The minimum Gasteiger partial charge on any atom is -0.466 e. The number of hydrogen-bond donors (Lipinski definition) is 0. The maximum Gasteiger partial charge on any atom is 0.416 e. The molecule has 1 aromatic carbocycles. The van der Waals surface area contributed by atoms with E-state index in [-0.39, 0.29) is 19.0 Å². The molecule has 1 atom stereocenters. The number of hydrogen-bond acceptors (Lipinski definition) is 6. The Morgan fingerprint density at radius 1 is 1.15 bits per heavy atom. The van der Waals surface area contributed by atoms with Crippen molar-refractivity contribution in [1.29, 1.82) is 0 Å². The van der Waals surface area contributed by atoms with Crippen LogP contribution in [-0.4, -0.2) is 62.6 Å². The Hall–Kier alpha value is -2.52. The predicted octanol–water partition coefficient (Wildman–Crippen LogP) is 4.52. The van der Waals surface area contributed by atoms with Crippen LogP contribution in [-0.2, 0) is 25.2 Å². The SMILES string of the molecule is COC(=O)C1=C(CN2CCCCC2)N(C)C(C)=C(COC=O)C1c1ccc(C(F)(F)F)cc1.Cl. The maximum absolute atomic E-state index is 13.1. The summed E-state index contributed by atoms with van der Waals surface area (Å²) in [7, 11) is 3.12. The quantitative estimate of drug-likeness (QED) is 0.404. The van der Waals surface area contributed by atoms with Gasteiger partial charge in [0.2, 0.25) is 0 Å². The lowest BCUT2D eigenvalue weighted by Crippen LogP contribution is -2.40. The molecule has 0 saturated carbocycles. The van der Waals surface area contributed by atoms with Gasteiger partial charge in [-0.3, -0.25) is 9.69 Å². The van der Waals surface area contributed by atoms with Gasteiger partial charge >= 0.3 is 12.1 Å². The number of rotatable bonds is 7. The molecule has 1 unspecified atom stereocenters. The van der Waals surface area contributed by atoms with Crippen molar-refractivity contribution in [1.82, 2.24) is 9.80 Å². The normalized spacial score (nSPS) is 19.6. The van der Waals surface area contributed by atoms with Crippen molar-refractivity contribution in [3.8, 4) is 0 Å². The molecule has 1 aromatic rings. The lowest BCUT2D eigenvalue weighted by Gasteiger charge is -2.40. The molecule has 0 aliphatic carbocycles. The molecule has 2 aliphatic heterocycles. The van der Waals surface area contributed by atoms with Crippen molar-refractivity contribution in [2.45, 2.75) is 38.3 Å². The number of carbonyl (C=O) groups is 2. The van der Waals surface area contributed by atoms with Gasteiger partial charge in [0.05, 0.1) is 18.2 Å². The molecule has 188 valence electrons. The summed E-state index contributed by atoms with van der Waals surface area (Å²) in [5.41, 5.74) is 2.20. The first kappa shape index (κ1) is 27.7. The van der Waals surface area contributed by atoms with Crippen LogP contribution >= 0.6 is 12.4 Å². The summed E-state index contributed by atoms with van der Waals surface area (Å²) in [6.07, 6.45) is -1.17. The highest BCUT2D eigenvalue weighted by atomic mass is 35.5. The lowest BCUT2D eigenvalue weighted by molar-refractivity contribution is -0.138. The number of alkyl halides is 3. The maximum atomic E-state index is 13.1.